The number of thioether (sulfide) groups is 1. The lowest BCUT2D eigenvalue weighted by atomic mass is 10.1. The van der Waals surface area contributed by atoms with Crippen LogP contribution in [0.4, 0.5) is 5.82 Å². The van der Waals surface area contributed by atoms with Crippen molar-refractivity contribution in [1.82, 2.24) is 9.97 Å². The molecule has 0 aliphatic heterocycles. The summed E-state index contributed by atoms with van der Waals surface area (Å²) in [5.74, 6) is 4.40. The molecular weight excluding hydrogens is 254 g/mol. The molecule has 0 unspecified atom stereocenters. The van der Waals surface area contributed by atoms with E-state index in [9.17, 15) is 0 Å². The Labute approximate surface area is 121 Å². The molecule has 1 aliphatic rings. The maximum absolute atomic E-state index is 4.75. The molecule has 0 radical (unpaired) electrons. The van der Waals surface area contributed by atoms with E-state index < -0.39 is 0 Å². The Hall–Kier alpha value is -0.770. The zero-order chi connectivity index (χ0) is 13.8. The van der Waals surface area contributed by atoms with Crippen molar-refractivity contribution >= 4 is 17.6 Å². The molecule has 0 aromatic carbocycles. The summed E-state index contributed by atoms with van der Waals surface area (Å²) in [6, 6.07) is 0. The predicted octanol–water partition coefficient (Wildman–Crippen LogP) is 4.23. The van der Waals surface area contributed by atoms with Gasteiger partial charge in [-0.15, -0.1) is 11.8 Å². The molecule has 1 aliphatic carbocycles. The molecule has 1 heterocycles. The van der Waals surface area contributed by atoms with Crippen molar-refractivity contribution in [3.8, 4) is 0 Å². The summed E-state index contributed by atoms with van der Waals surface area (Å²) in [5, 5.41) is 4.36. The first-order valence-electron chi connectivity index (χ1n) is 7.31. The van der Waals surface area contributed by atoms with Crippen molar-refractivity contribution in [2.24, 2.45) is 5.92 Å². The molecule has 106 valence electrons. The Balaban J connectivity index is 2.14. The summed E-state index contributed by atoms with van der Waals surface area (Å²) in [6.45, 7) is 6.41. The third-order valence-corrected chi connectivity index (χ3v) is 5.11. The second-order valence-corrected chi connectivity index (χ2v) is 6.74. The van der Waals surface area contributed by atoms with E-state index >= 15 is 0 Å². The highest BCUT2D eigenvalue weighted by Gasteiger charge is 2.18. The molecule has 4 heteroatoms. The average Bonchev–Trinajstić information content (AvgIpc) is 2.90. The van der Waals surface area contributed by atoms with Crippen molar-refractivity contribution < 1.29 is 0 Å². The van der Waals surface area contributed by atoms with Crippen LogP contribution in [-0.2, 0) is 0 Å². The van der Waals surface area contributed by atoms with Crippen LogP contribution in [0.2, 0.25) is 0 Å². The maximum atomic E-state index is 4.75. The largest absolute Gasteiger partial charge is 0.373 e. The van der Waals surface area contributed by atoms with E-state index in [2.05, 4.69) is 31.1 Å². The van der Waals surface area contributed by atoms with Crippen LogP contribution in [0.1, 0.15) is 56.8 Å². The van der Waals surface area contributed by atoms with Crippen LogP contribution < -0.4 is 5.32 Å². The lowest BCUT2D eigenvalue weighted by Crippen LogP contribution is -2.07. The number of hydrogen-bond acceptors (Lipinski definition) is 4. The van der Waals surface area contributed by atoms with Gasteiger partial charge in [0, 0.05) is 24.3 Å². The molecule has 1 N–H and O–H groups in total. The van der Waals surface area contributed by atoms with Gasteiger partial charge in [0.2, 0.25) is 0 Å². The summed E-state index contributed by atoms with van der Waals surface area (Å²) < 4.78 is 0. The van der Waals surface area contributed by atoms with Gasteiger partial charge in [0.1, 0.15) is 16.7 Å². The monoisotopic (exact) mass is 279 g/mol. The zero-order valence-electron chi connectivity index (χ0n) is 12.5. The van der Waals surface area contributed by atoms with E-state index in [1.54, 1.807) is 0 Å². The topological polar surface area (TPSA) is 37.8 Å². The lowest BCUT2D eigenvalue weighted by Gasteiger charge is -2.15. The Bertz CT molecular complexity index is 426. The number of anilines is 1. The molecular formula is C15H25N3S. The fourth-order valence-electron chi connectivity index (χ4n) is 2.53. The minimum atomic E-state index is 0.374. The highest BCUT2D eigenvalue weighted by atomic mass is 32.2. The molecule has 0 atom stereocenters. The van der Waals surface area contributed by atoms with Gasteiger partial charge in [0.25, 0.3) is 0 Å². The molecule has 1 aromatic rings. The van der Waals surface area contributed by atoms with Crippen molar-refractivity contribution in [3.05, 3.63) is 11.4 Å². The number of hydrogen-bond donors (Lipinski definition) is 1. The first-order valence-corrected chi connectivity index (χ1v) is 8.29. The van der Waals surface area contributed by atoms with Crippen LogP contribution in [0, 0.1) is 12.8 Å². The molecule has 1 saturated carbocycles. The summed E-state index contributed by atoms with van der Waals surface area (Å²) in [7, 11) is 1.94. The Morgan fingerprint density at radius 1 is 1.26 bits per heavy atom. The molecule has 3 nitrogen and oxygen atoms in total. The third kappa shape index (κ3) is 3.62. The summed E-state index contributed by atoms with van der Waals surface area (Å²) in [4.78, 5) is 9.35. The van der Waals surface area contributed by atoms with Crippen LogP contribution in [-0.4, -0.2) is 22.8 Å². The van der Waals surface area contributed by atoms with Crippen LogP contribution in [0.15, 0.2) is 5.03 Å². The first-order chi connectivity index (χ1) is 9.11. The first kappa shape index (κ1) is 14.6. The summed E-state index contributed by atoms with van der Waals surface area (Å²) in [6.07, 6.45) is 5.61. The van der Waals surface area contributed by atoms with Crippen LogP contribution in [0.3, 0.4) is 0 Å². The number of nitrogens with zero attached hydrogens (tertiary/aromatic N) is 2. The minimum absolute atomic E-state index is 0.374. The normalized spacial score (nSPS) is 16.3. The van der Waals surface area contributed by atoms with Crippen molar-refractivity contribution in [2.75, 3.05) is 18.1 Å². The van der Waals surface area contributed by atoms with Gasteiger partial charge in [-0.05, 0) is 25.7 Å². The minimum Gasteiger partial charge on any atom is -0.373 e. The van der Waals surface area contributed by atoms with E-state index in [4.69, 9.17) is 4.98 Å². The summed E-state index contributed by atoms with van der Waals surface area (Å²) in [5.41, 5.74) is 1.19. The quantitative estimate of drug-likeness (QED) is 0.646. The van der Waals surface area contributed by atoms with E-state index in [0.717, 1.165) is 22.6 Å². The number of nitrogens with one attached hydrogen (secondary N) is 1. The predicted molar refractivity (Wildman–Crippen MR) is 83.1 cm³/mol. The molecule has 0 amide bonds. The lowest BCUT2D eigenvalue weighted by molar-refractivity contribution is 0.622. The van der Waals surface area contributed by atoms with Crippen LogP contribution in [0.5, 0.6) is 0 Å². The van der Waals surface area contributed by atoms with Gasteiger partial charge >= 0.3 is 0 Å². The van der Waals surface area contributed by atoms with Crippen molar-refractivity contribution in [1.29, 1.82) is 0 Å². The molecule has 1 aromatic heterocycles. The van der Waals surface area contributed by atoms with Gasteiger partial charge in [0.05, 0.1) is 0 Å². The Morgan fingerprint density at radius 2 is 1.95 bits per heavy atom. The summed E-state index contributed by atoms with van der Waals surface area (Å²) >= 11 is 1.91. The zero-order valence-corrected chi connectivity index (χ0v) is 13.3. The third-order valence-electron chi connectivity index (χ3n) is 3.80. The molecule has 0 saturated heterocycles. The smallest absolute Gasteiger partial charge is 0.134 e. The van der Waals surface area contributed by atoms with E-state index in [1.165, 1.54) is 37.0 Å². The fraction of sp³-hybridized carbons (Fsp3) is 0.733. The van der Waals surface area contributed by atoms with Crippen molar-refractivity contribution in [2.45, 2.75) is 57.4 Å². The van der Waals surface area contributed by atoms with E-state index in [0.29, 0.717) is 5.92 Å². The van der Waals surface area contributed by atoms with Gasteiger partial charge in [-0.25, -0.2) is 9.97 Å². The Morgan fingerprint density at radius 3 is 2.53 bits per heavy atom. The SMILES string of the molecule is CNc1nc(C(C)C)nc(SCC2CCCC2)c1C. The molecule has 2 rings (SSSR count). The molecule has 0 bridgehead atoms. The van der Waals surface area contributed by atoms with E-state index in [-0.39, 0.29) is 0 Å². The van der Waals surface area contributed by atoms with Crippen molar-refractivity contribution in [3.63, 3.8) is 0 Å². The van der Waals surface area contributed by atoms with E-state index in [1.807, 2.05) is 18.8 Å². The van der Waals surface area contributed by atoms with Gasteiger partial charge in [-0.1, -0.05) is 26.7 Å². The van der Waals surface area contributed by atoms with Gasteiger partial charge in [-0.3, -0.25) is 0 Å². The highest BCUT2D eigenvalue weighted by Crippen LogP contribution is 2.33. The van der Waals surface area contributed by atoms with Gasteiger partial charge < -0.3 is 5.32 Å². The second kappa shape index (κ2) is 6.60. The average molecular weight is 279 g/mol. The molecule has 1 fully saturated rings. The number of aromatic nitrogens is 2. The standard InChI is InChI=1S/C15H25N3S/c1-10(2)13-17-14(16-4)11(3)15(18-13)19-9-12-7-5-6-8-12/h10,12H,5-9H2,1-4H3,(H,16,17,18). The highest BCUT2D eigenvalue weighted by molar-refractivity contribution is 7.99. The van der Waals surface area contributed by atoms with Gasteiger partial charge in [0.15, 0.2) is 0 Å². The molecule has 0 spiro atoms. The number of rotatable bonds is 5. The molecule has 19 heavy (non-hydrogen) atoms. The maximum Gasteiger partial charge on any atom is 0.134 e. The second-order valence-electron chi connectivity index (χ2n) is 5.73. The van der Waals surface area contributed by atoms with Crippen LogP contribution in [0.25, 0.3) is 0 Å². The van der Waals surface area contributed by atoms with Crippen LogP contribution >= 0.6 is 11.8 Å². The fourth-order valence-corrected chi connectivity index (χ4v) is 3.73. The van der Waals surface area contributed by atoms with Gasteiger partial charge in [-0.2, -0.15) is 0 Å². The Kier molecular flexibility index (Phi) is 5.08.